The molecule has 2 heterocycles. The van der Waals surface area contributed by atoms with Crippen molar-refractivity contribution in [1.82, 2.24) is 9.88 Å². The lowest BCUT2D eigenvalue weighted by Crippen LogP contribution is -2.50. The van der Waals surface area contributed by atoms with Crippen molar-refractivity contribution in [2.75, 3.05) is 37.3 Å². The molecule has 4 rings (SSSR count). The van der Waals surface area contributed by atoms with Crippen LogP contribution in [0.5, 0.6) is 0 Å². The highest BCUT2D eigenvalue weighted by molar-refractivity contribution is 7.90. The van der Waals surface area contributed by atoms with Gasteiger partial charge in [-0.2, -0.15) is 0 Å². The number of hydrogen-bond acceptors (Lipinski definition) is 6. The number of piperazine rings is 1. The van der Waals surface area contributed by atoms with Crippen molar-refractivity contribution >= 4 is 42.4 Å². The molecule has 1 aromatic heterocycles. The van der Waals surface area contributed by atoms with Crippen molar-refractivity contribution in [2.24, 2.45) is 5.92 Å². The monoisotopic (exact) mass is 407 g/mol. The Morgan fingerprint density at radius 1 is 1.11 bits per heavy atom. The lowest BCUT2D eigenvalue weighted by atomic mass is 9.88. The van der Waals surface area contributed by atoms with Crippen LogP contribution in [-0.4, -0.2) is 56.6 Å². The van der Waals surface area contributed by atoms with Crippen LogP contribution in [0.1, 0.15) is 32.1 Å². The lowest BCUT2D eigenvalue weighted by Gasteiger charge is -2.37. The second kappa shape index (κ2) is 7.39. The van der Waals surface area contributed by atoms with Crippen molar-refractivity contribution < 1.29 is 13.2 Å². The number of aromatic nitrogens is 1. The molecule has 1 saturated carbocycles. The van der Waals surface area contributed by atoms with Crippen molar-refractivity contribution in [2.45, 2.75) is 37.0 Å². The molecule has 8 heteroatoms. The third-order valence-corrected chi connectivity index (χ3v) is 7.78. The van der Waals surface area contributed by atoms with Gasteiger partial charge < -0.3 is 9.80 Å². The van der Waals surface area contributed by atoms with Crippen molar-refractivity contribution in [3.05, 3.63) is 18.2 Å². The van der Waals surface area contributed by atoms with E-state index in [4.69, 9.17) is 0 Å². The maximum absolute atomic E-state index is 12.7. The van der Waals surface area contributed by atoms with Crippen LogP contribution in [0.3, 0.4) is 0 Å². The molecule has 1 saturated heterocycles. The van der Waals surface area contributed by atoms with E-state index in [9.17, 15) is 13.2 Å². The van der Waals surface area contributed by atoms with Crippen LogP contribution in [0.25, 0.3) is 10.2 Å². The summed E-state index contributed by atoms with van der Waals surface area (Å²) in [6.45, 7) is 3.02. The van der Waals surface area contributed by atoms with E-state index in [1.807, 2.05) is 4.90 Å². The first-order chi connectivity index (χ1) is 12.9. The van der Waals surface area contributed by atoms with Gasteiger partial charge in [-0.25, -0.2) is 13.4 Å². The largest absolute Gasteiger partial charge is 0.345 e. The third-order valence-electron chi connectivity index (χ3n) is 5.59. The second-order valence-electron chi connectivity index (χ2n) is 7.55. The van der Waals surface area contributed by atoms with E-state index in [2.05, 4.69) is 9.88 Å². The van der Waals surface area contributed by atoms with Crippen molar-refractivity contribution in [1.29, 1.82) is 0 Å². The fourth-order valence-corrected chi connectivity index (χ4v) is 5.76. The van der Waals surface area contributed by atoms with Gasteiger partial charge >= 0.3 is 0 Å². The van der Waals surface area contributed by atoms with Crippen LogP contribution >= 0.6 is 11.3 Å². The average molecular weight is 408 g/mol. The summed E-state index contributed by atoms with van der Waals surface area (Å²) in [6.07, 6.45) is 6.92. The summed E-state index contributed by atoms with van der Waals surface area (Å²) in [7, 11) is -3.22. The molecule has 2 fully saturated rings. The van der Waals surface area contributed by atoms with E-state index < -0.39 is 9.84 Å². The molecule has 1 aromatic carbocycles. The van der Waals surface area contributed by atoms with E-state index in [1.54, 1.807) is 18.2 Å². The Hall–Kier alpha value is -1.67. The van der Waals surface area contributed by atoms with Gasteiger partial charge in [0.2, 0.25) is 5.91 Å². The van der Waals surface area contributed by atoms with E-state index in [-0.39, 0.29) is 5.92 Å². The zero-order valence-corrected chi connectivity index (χ0v) is 17.2. The summed E-state index contributed by atoms with van der Waals surface area (Å²) >= 11 is 1.52. The van der Waals surface area contributed by atoms with Gasteiger partial charge in [-0.05, 0) is 31.0 Å². The third kappa shape index (κ3) is 3.96. The number of anilines is 1. The van der Waals surface area contributed by atoms with Crippen LogP contribution in [0.2, 0.25) is 0 Å². The number of nitrogens with zero attached hydrogens (tertiary/aromatic N) is 3. The quantitative estimate of drug-likeness (QED) is 0.782. The fraction of sp³-hybridized carbons (Fsp3) is 0.579. The first-order valence-electron chi connectivity index (χ1n) is 9.56. The molecule has 0 spiro atoms. The Labute approximate surface area is 164 Å². The molecule has 1 amide bonds. The maximum atomic E-state index is 12.7. The van der Waals surface area contributed by atoms with Gasteiger partial charge in [-0.15, -0.1) is 0 Å². The predicted molar refractivity (Wildman–Crippen MR) is 108 cm³/mol. The van der Waals surface area contributed by atoms with Crippen molar-refractivity contribution in [3.63, 3.8) is 0 Å². The number of fused-ring (bicyclic) bond motifs is 1. The van der Waals surface area contributed by atoms with Gasteiger partial charge in [0.15, 0.2) is 15.0 Å². The number of carbonyl (C=O) groups is 1. The molecule has 1 aliphatic heterocycles. The van der Waals surface area contributed by atoms with E-state index >= 15 is 0 Å². The van der Waals surface area contributed by atoms with E-state index in [0.29, 0.717) is 10.8 Å². The molecule has 0 unspecified atom stereocenters. The molecular formula is C19H25N3O3S2. The number of carbonyl (C=O) groups excluding carboxylic acids is 1. The van der Waals surface area contributed by atoms with Crippen LogP contribution in [-0.2, 0) is 14.6 Å². The Morgan fingerprint density at radius 2 is 1.81 bits per heavy atom. The fourth-order valence-electron chi connectivity index (χ4n) is 3.98. The van der Waals surface area contributed by atoms with Gasteiger partial charge in [0.1, 0.15) is 0 Å². The molecule has 146 valence electrons. The number of rotatable bonds is 3. The summed E-state index contributed by atoms with van der Waals surface area (Å²) < 4.78 is 24.4. The van der Waals surface area contributed by atoms with Crippen LogP contribution in [0.15, 0.2) is 23.1 Å². The summed E-state index contributed by atoms with van der Waals surface area (Å²) in [4.78, 5) is 21.9. The van der Waals surface area contributed by atoms with Gasteiger partial charge in [0, 0.05) is 38.4 Å². The highest BCUT2D eigenvalue weighted by Gasteiger charge is 2.29. The molecule has 2 aliphatic rings. The Bertz CT molecular complexity index is 940. The number of benzene rings is 1. The highest BCUT2D eigenvalue weighted by atomic mass is 32.2. The van der Waals surface area contributed by atoms with E-state index in [1.165, 1.54) is 36.9 Å². The number of amides is 1. The molecular weight excluding hydrogens is 382 g/mol. The lowest BCUT2D eigenvalue weighted by molar-refractivity contribution is -0.136. The van der Waals surface area contributed by atoms with Crippen LogP contribution in [0.4, 0.5) is 5.13 Å². The zero-order valence-electron chi connectivity index (χ0n) is 15.6. The van der Waals surface area contributed by atoms with Gasteiger partial charge in [0.05, 0.1) is 15.1 Å². The molecule has 0 radical (unpaired) electrons. The minimum Gasteiger partial charge on any atom is -0.345 e. The first-order valence-corrected chi connectivity index (χ1v) is 12.3. The minimum absolute atomic E-state index is 0.224. The normalized spacial score (nSPS) is 19.6. The van der Waals surface area contributed by atoms with Gasteiger partial charge in [-0.1, -0.05) is 30.6 Å². The van der Waals surface area contributed by atoms with Gasteiger partial charge in [-0.3, -0.25) is 4.79 Å². The Kier molecular flexibility index (Phi) is 5.11. The molecule has 1 aliphatic carbocycles. The molecule has 0 N–H and O–H groups in total. The molecule has 0 bridgehead atoms. The second-order valence-corrected chi connectivity index (χ2v) is 10.6. The smallest absolute Gasteiger partial charge is 0.225 e. The number of thiazole rings is 1. The SMILES string of the molecule is CS(=O)(=O)c1ccc2nc(N3CCN(C(=O)C4CCCCC4)CC3)sc2c1. The van der Waals surface area contributed by atoms with Crippen molar-refractivity contribution in [3.8, 4) is 0 Å². The van der Waals surface area contributed by atoms with Gasteiger partial charge in [0.25, 0.3) is 0 Å². The molecule has 27 heavy (non-hydrogen) atoms. The molecule has 6 nitrogen and oxygen atoms in total. The minimum atomic E-state index is -3.22. The predicted octanol–water partition coefficient (Wildman–Crippen LogP) is 2.93. The Morgan fingerprint density at radius 3 is 2.48 bits per heavy atom. The standard InChI is InChI=1S/C19H25N3O3S2/c1-27(24,25)15-7-8-16-17(13-15)26-19(20-16)22-11-9-21(10-12-22)18(23)14-5-3-2-4-6-14/h7-8,13-14H,2-6,9-12H2,1H3. The summed E-state index contributed by atoms with van der Waals surface area (Å²) in [5, 5.41) is 0.903. The topological polar surface area (TPSA) is 70.6 Å². The Balaban J connectivity index is 1.44. The van der Waals surface area contributed by atoms with Crippen LogP contribution in [0, 0.1) is 5.92 Å². The van der Waals surface area contributed by atoms with Crippen LogP contribution < -0.4 is 4.90 Å². The highest BCUT2D eigenvalue weighted by Crippen LogP contribution is 2.32. The summed E-state index contributed by atoms with van der Waals surface area (Å²) in [6, 6.07) is 5.09. The molecule has 0 atom stereocenters. The maximum Gasteiger partial charge on any atom is 0.225 e. The number of sulfone groups is 1. The summed E-state index contributed by atoms with van der Waals surface area (Å²) in [5.41, 5.74) is 0.822. The van der Waals surface area contributed by atoms with E-state index in [0.717, 1.165) is 54.4 Å². The average Bonchev–Trinajstić information content (AvgIpc) is 3.11. The first kappa shape index (κ1) is 18.7. The number of hydrogen-bond donors (Lipinski definition) is 0. The summed E-state index contributed by atoms with van der Waals surface area (Å²) in [5.74, 6) is 0.554. The zero-order chi connectivity index (χ0) is 19.0. The molecule has 2 aromatic rings.